The molecule has 5 rings (SSSR count). The highest BCUT2D eigenvalue weighted by Crippen LogP contribution is 2.30. The van der Waals surface area contributed by atoms with E-state index in [0.29, 0.717) is 22.5 Å². The number of amides is 1. The second-order valence-corrected chi connectivity index (χ2v) is 9.22. The number of hydrogen-bond acceptors (Lipinski definition) is 4. The highest BCUT2D eigenvalue weighted by atomic mass is 79.9. The maximum absolute atomic E-state index is 13.4. The summed E-state index contributed by atoms with van der Waals surface area (Å²) in [5.41, 5.74) is 5.38. The molecule has 9 heteroatoms. The molecule has 0 aliphatic carbocycles. The van der Waals surface area contributed by atoms with Gasteiger partial charge in [0.05, 0.1) is 16.7 Å². The third-order valence-electron chi connectivity index (χ3n) is 5.70. The van der Waals surface area contributed by atoms with Gasteiger partial charge in [0, 0.05) is 17.8 Å². The number of carbonyl (C=O) groups excluding carboxylic acids is 1. The number of carbonyl (C=O) groups is 1. The smallest absolute Gasteiger partial charge is 0.247 e. The van der Waals surface area contributed by atoms with Gasteiger partial charge in [-0.05, 0) is 64.7 Å². The second kappa shape index (κ2) is 9.42. The van der Waals surface area contributed by atoms with Gasteiger partial charge in [-0.15, -0.1) is 0 Å². The predicted molar refractivity (Wildman–Crippen MR) is 136 cm³/mol. The summed E-state index contributed by atoms with van der Waals surface area (Å²) in [6.07, 6.45) is 3.50. The maximum atomic E-state index is 13.4. The predicted octanol–water partition coefficient (Wildman–Crippen LogP) is 5.50. The first-order valence-corrected chi connectivity index (χ1v) is 11.8. The third kappa shape index (κ3) is 4.85. The summed E-state index contributed by atoms with van der Waals surface area (Å²) < 4.78 is 17.4. The number of benzene rings is 2. The molecule has 3 aromatic heterocycles. The Morgan fingerprint density at radius 3 is 2.51 bits per heavy atom. The molecule has 0 saturated carbocycles. The first-order valence-electron chi connectivity index (χ1n) is 11.0. The van der Waals surface area contributed by atoms with E-state index in [9.17, 15) is 9.18 Å². The highest BCUT2D eigenvalue weighted by Gasteiger charge is 2.17. The number of anilines is 1. The SMILES string of the molecule is Cc1ccc(Cn2cc(Br)c(NC(=O)Cn3nc(C)c4c(-c5ccc(F)cc5)ccnc43)n2)cc1. The van der Waals surface area contributed by atoms with Crippen molar-refractivity contribution in [3.63, 3.8) is 0 Å². The lowest BCUT2D eigenvalue weighted by molar-refractivity contribution is -0.116. The number of nitrogens with zero attached hydrogens (tertiary/aromatic N) is 5. The normalized spacial score (nSPS) is 11.2. The van der Waals surface area contributed by atoms with Crippen LogP contribution in [0.15, 0.2) is 71.5 Å². The Labute approximate surface area is 209 Å². The molecule has 1 N–H and O–H groups in total. The lowest BCUT2D eigenvalue weighted by Crippen LogP contribution is -2.20. The van der Waals surface area contributed by atoms with Gasteiger partial charge < -0.3 is 5.32 Å². The summed E-state index contributed by atoms with van der Waals surface area (Å²) >= 11 is 3.48. The van der Waals surface area contributed by atoms with Crippen LogP contribution in [-0.4, -0.2) is 30.5 Å². The van der Waals surface area contributed by atoms with Crippen molar-refractivity contribution < 1.29 is 9.18 Å². The summed E-state index contributed by atoms with van der Waals surface area (Å²) in [5.74, 6) is -0.129. The van der Waals surface area contributed by atoms with E-state index in [4.69, 9.17) is 0 Å². The Balaban J connectivity index is 1.35. The minimum Gasteiger partial charge on any atom is -0.307 e. The summed E-state index contributed by atoms with van der Waals surface area (Å²) in [6.45, 7) is 4.48. The van der Waals surface area contributed by atoms with Gasteiger partial charge >= 0.3 is 0 Å². The Bertz CT molecular complexity index is 1520. The fourth-order valence-corrected chi connectivity index (χ4v) is 4.43. The third-order valence-corrected chi connectivity index (χ3v) is 6.28. The van der Waals surface area contributed by atoms with Gasteiger partial charge in [-0.3, -0.25) is 9.48 Å². The number of nitrogens with one attached hydrogen (secondary N) is 1. The Morgan fingerprint density at radius 2 is 1.77 bits per heavy atom. The van der Waals surface area contributed by atoms with Gasteiger partial charge in [-0.1, -0.05) is 42.0 Å². The van der Waals surface area contributed by atoms with E-state index < -0.39 is 0 Å². The molecular formula is C26H22BrFN6O. The van der Waals surface area contributed by atoms with Crippen LogP contribution >= 0.6 is 15.9 Å². The fourth-order valence-electron chi connectivity index (χ4n) is 4.01. The highest BCUT2D eigenvalue weighted by molar-refractivity contribution is 9.10. The fraction of sp³-hybridized carbons (Fsp3) is 0.154. The van der Waals surface area contributed by atoms with Crippen molar-refractivity contribution in [1.82, 2.24) is 24.5 Å². The van der Waals surface area contributed by atoms with Crippen LogP contribution in [-0.2, 0) is 17.9 Å². The van der Waals surface area contributed by atoms with Gasteiger partial charge in [0.2, 0.25) is 5.91 Å². The minimum absolute atomic E-state index is 0.0263. The summed E-state index contributed by atoms with van der Waals surface area (Å²) in [4.78, 5) is 17.3. The molecule has 0 atom stereocenters. The number of hydrogen-bond donors (Lipinski definition) is 1. The van der Waals surface area contributed by atoms with Crippen LogP contribution in [0.4, 0.5) is 10.2 Å². The molecule has 0 spiro atoms. The lowest BCUT2D eigenvalue weighted by atomic mass is 10.0. The topological polar surface area (TPSA) is 77.6 Å². The lowest BCUT2D eigenvalue weighted by Gasteiger charge is -2.06. The Morgan fingerprint density at radius 1 is 1.03 bits per heavy atom. The van der Waals surface area contributed by atoms with E-state index in [1.54, 1.807) is 27.7 Å². The van der Waals surface area contributed by atoms with E-state index in [2.05, 4.69) is 60.7 Å². The molecule has 0 radical (unpaired) electrons. The van der Waals surface area contributed by atoms with Crippen molar-refractivity contribution in [3.8, 4) is 11.1 Å². The van der Waals surface area contributed by atoms with E-state index in [1.165, 1.54) is 17.7 Å². The molecule has 0 unspecified atom stereocenters. The first-order chi connectivity index (χ1) is 16.9. The van der Waals surface area contributed by atoms with Crippen LogP contribution in [0, 0.1) is 19.7 Å². The van der Waals surface area contributed by atoms with Crippen LogP contribution in [0.1, 0.15) is 16.8 Å². The quantitative estimate of drug-likeness (QED) is 0.313. The van der Waals surface area contributed by atoms with Crippen LogP contribution in [0.2, 0.25) is 0 Å². The van der Waals surface area contributed by atoms with Crippen LogP contribution in [0.3, 0.4) is 0 Å². The summed E-state index contributed by atoms with van der Waals surface area (Å²) in [6, 6.07) is 16.4. The van der Waals surface area contributed by atoms with Crippen LogP contribution < -0.4 is 5.32 Å². The number of fused-ring (bicyclic) bond motifs is 1. The zero-order valence-corrected chi connectivity index (χ0v) is 20.8. The number of halogens is 2. The summed E-state index contributed by atoms with van der Waals surface area (Å²) in [7, 11) is 0. The number of aryl methyl sites for hydroxylation is 2. The number of pyridine rings is 1. The zero-order chi connectivity index (χ0) is 24.5. The van der Waals surface area contributed by atoms with Crippen molar-refractivity contribution in [2.75, 3.05) is 5.32 Å². The molecule has 2 aromatic carbocycles. The molecular weight excluding hydrogens is 511 g/mol. The van der Waals surface area contributed by atoms with Gasteiger partial charge in [0.15, 0.2) is 11.5 Å². The molecule has 3 heterocycles. The standard InChI is InChI=1S/C26H22BrFN6O/c1-16-3-5-18(6-4-16)13-33-14-22(27)25(32-33)30-23(35)15-34-26-24(17(2)31-34)21(11-12-29-26)19-7-9-20(28)10-8-19/h3-12,14H,13,15H2,1-2H3,(H,30,32,35). The number of aromatic nitrogens is 5. The van der Waals surface area contributed by atoms with Crippen LogP contribution in [0.5, 0.6) is 0 Å². The minimum atomic E-state index is -0.296. The molecule has 7 nitrogen and oxygen atoms in total. The van der Waals surface area contributed by atoms with Crippen molar-refractivity contribution in [1.29, 1.82) is 0 Å². The Kier molecular flexibility index (Phi) is 6.17. The zero-order valence-electron chi connectivity index (χ0n) is 19.2. The van der Waals surface area contributed by atoms with Crippen LogP contribution in [0.25, 0.3) is 22.2 Å². The molecule has 0 aliphatic rings. The van der Waals surface area contributed by atoms with Crippen molar-refractivity contribution in [2.45, 2.75) is 26.9 Å². The van der Waals surface area contributed by atoms with Crippen molar-refractivity contribution in [2.24, 2.45) is 0 Å². The second-order valence-electron chi connectivity index (χ2n) is 8.36. The van der Waals surface area contributed by atoms with Gasteiger partial charge in [-0.25, -0.2) is 14.1 Å². The molecule has 1 amide bonds. The maximum Gasteiger partial charge on any atom is 0.247 e. The molecule has 0 bridgehead atoms. The molecule has 176 valence electrons. The monoisotopic (exact) mass is 532 g/mol. The first kappa shape index (κ1) is 22.9. The molecule has 5 aromatic rings. The Hall–Kier alpha value is -3.85. The van der Waals surface area contributed by atoms with E-state index in [-0.39, 0.29) is 18.3 Å². The average molecular weight is 533 g/mol. The average Bonchev–Trinajstić information content (AvgIpc) is 3.34. The van der Waals surface area contributed by atoms with E-state index >= 15 is 0 Å². The van der Waals surface area contributed by atoms with Gasteiger partial charge in [0.1, 0.15) is 12.4 Å². The molecule has 0 aliphatic heterocycles. The van der Waals surface area contributed by atoms with Gasteiger partial charge in [0.25, 0.3) is 0 Å². The summed E-state index contributed by atoms with van der Waals surface area (Å²) in [5, 5.41) is 12.7. The molecule has 0 fully saturated rings. The molecule has 0 saturated heterocycles. The molecule has 35 heavy (non-hydrogen) atoms. The van der Waals surface area contributed by atoms with Crippen molar-refractivity contribution in [3.05, 3.63) is 94.1 Å². The largest absolute Gasteiger partial charge is 0.307 e. The van der Waals surface area contributed by atoms with Gasteiger partial charge in [-0.2, -0.15) is 10.2 Å². The van der Waals surface area contributed by atoms with E-state index in [1.807, 2.05) is 26.1 Å². The number of rotatable bonds is 6. The van der Waals surface area contributed by atoms with Crippen molar-refractivity contribution >= 4 is 38.7 Å². The van der Waals surface area contributed by atoms with E-state index in [0.717, 1.165) is 27.8 Å².